The molecule has 1 aliphatic carbocycles. The van der Waals surface area contributed by atoms with Gasteiger partial charge in [-0.1, -0.05) is 19.3 Å². The number of hydrogen-bond acceptors (Lipinski definition) is 3. The zero-order chi connectivity index (χ0) is 15.9. The third-order valence-corrected chi connectivity index (χ3v) is 4.47. The van der Waals surface area contributed by atoms with Crippen molar-refractivity contribution in [3.05, 3.63) is 0 Å². The summed E-state index contributed by atoms with van der Waals surface area (Å²) in [4.78, 5) is 25.5. The lowest BCUT2D eigenvalue weighted by Gasteiger charge is -2.38. The molecule has 0 spiro atoms. The van der Waals surface area contributed by atoms with Gasteiger partial charge in [0.05, 0.1) is 6.42 Å². The minimum atomic E-state index is -0.809. The second kappa shape index (κ2) is 8.37. The number of carboxylic acids is 1. The predicted molar refractivity (Wildman–Crippen MR) is 80.9 cm³/mol. The molecule has 5 nitrogen and oxygen atoms in total. The van der Waals surface area contributed by atoms with Crippen molar-refractivity contribution in [2.24, 2.45) is 5.41 Å². The van der Waals surface area contributed by atoms with E-state index in [9.17, 15) is 14.7 Å². The number of hydrogen-bond donors (Lipinski definition) is 2. The Labute approximate surface area is 127 Å². The molecular formula is C16H29NO4. The number of rotatable bonds is 8. The summed E-state index contributed by atoms with van der Waals surface area (Å²) in [5.74, 6) is -0.780. The van der Waals surface area contributed by atoms with E-state index in [0.29, 0.717) is 19.4 Å². The highest BCUT2D eigenvalue weighted by molar-refractivity contribution is 5.78. The molecule has 0 unspecified atom stereocenters. The van der Waals surface area contributed by atoms with Gasteiger partial charge in [-0.05, 0) is 38.5 Å². The van der Waals surface area contributed by atoms with Gasteiger partial charge >= 0.3 is 5.97 Å². The maximum atomic E-state index is 12.6. The zero-order valence-electron chi connectivity index (χ0n) is 13.3. The van der Waals surface area contributed by atoms with Gasteiger partial charge in [0, 0.05) is 25.6 Å². The van der Waals surface area contributed by atoms with Crippen molar-refractivity contribution < 1.29 is 19.8 Å². The molecule has 0 atom stereocenters. The molecule has 1 fully saturated rings. The Hall–Kier alpha value is -1.10. The Bertz CT molecular complexity index is 348. The Morgan fingerprint density at radius 3 is 2.24 bits per heavy atom. The fourth-order valence-electron chi connectivity index (χ4n) is 3.37. The number of aliphatic hydroxyl groups excluding tert-OH is 1. The average molecular weight is 299 g/mol. The lowest BCUT2D eigenvalue weighted by molar-refractivity contribution is -0.143. The standard InChI is InChI=1S/C16H29NO4/c1-13(2)17(9-6-10-18)14(19)11-16(12-15(20)21)7-4-3-5-8-16/h13,18H,3-12H2,1-2H3,(H,20,21). The molecule has 1 saturated carbocycles. The van der Waals surface area contributed by atoms with E-state index in [1.54, 1.807) is 4.90 Å². The van der Waals surface area contributed by atoms with Crippen LogP contribution in [0, 0.1) is 5.41 Å². The highest BCUT2D eigenvalue weighted by Gasteiger charge is 2.37. The molecule has 0 aliphatic heterocycles. The SMILES string of the molecule is CC(C)N(CCCO)C(=O)CC1(CC(=O)O)CCCCC1. The monoisotopic (exact) mass is 299 g/mol. The lowest BCUT2D eigenvalue weighted by Crippen LogP contribution is -2.42. The van der Waals surface area contributed by atoms with E-state index in [0.717, 1.165) is 32.1 Å². The Morgan fingerprint density at radius 1 is 1.14 bits per heavy atom. The van der Waals surface area contributed by atoms with Gasteiger partial charge in [-0.15, -0.1) is 0 Å². The van der Waals surface area contributed by atoms with E-state index in [-0.39, 0.29) is 30.4 Å². The summed E-state index contributed by atoms with van der Waals surface area (Å²) in [6.45, 7) is 4.52. The first-order valence-corrected chi connectivity index (χ1v) is 8.02. The van der Waals surface area contributed by atoms with E-state index in [1.807, 2.05) is 13.8 Å². The first-order valence-electron chi connectivity index (χ1n) is 8.02. The fourth-order valence-corrected chi connectivity index (χ4v) is 3.37. The number of aliphatic carboxylic acids is 1. The van der Waals surface area contributed by atoms with Gasteiger partial charge in [0.1, 0.15) is 0 Å². The first kappa shape index (κ1) is 18.0. The van der Waals surface area contributed by atoms with Crippen molar-refractivity contribution >= 4 is 11.9 Å². The molecule has 0 aromatic heterocycles. The molecule has 0 radical (unpaired) electrons. The average Bonchev–Trinajstić information content (AvgIpc) is 2.38. The maximum Gasteiger partial charge on any atom is 0.303 e. The molecule has 2 N–H and O–H groups in total. The normalized spacial score (nSPS) is 17.7. The number of nitrogens with zero attached hydrogens (tertiary/aromatic N) is 1. The van der Waals surface area contributed by atoms with Crippen LogP contribution < -0.4 is 0 Å². The van der Waals surface area contributed by atoms with Crippen LogP contribution in [0.25, 0.3) is 0 Å². The maximum absolute atomic E-state index is 12.6. The van der Waals surface area contributed by atoms with E-state index >= 15 is 0 Å². The summed E-state index contributed by atoms with van der Waals surface area (Å²) in [6.07, 6.45) is 5.79. The topological polar surface area (TPSA) is 77.8 Å². The highest BCUT2D eigenvalue weighted by atomic mass is 16.4. The largest absolute Gasteiger partial charge is 0.481 e. The zero-order valence-corrected chi connectivity index (χ0v) is 13.3. The van der Waals surface area contributed by atoms with Gasteiger partial charge in [-0.2, -0.15) is 0 Å². The molecular weight excluding hydrogens is 270 g/mol. The molecule has 0 heterocycles. The molecule has 1 aliphatic rings. The highest BCUT2D eigenvalue weighted by Crippen LogP contribution is 2.42. The van der Waals surface area contributed by atoms with Crippen molar-refractivity contribution in [2.45, 2.75) is 71.3 Å². The first-order chi connectivity index (χ1) is 9.90. The predicted octanol–water partition coefficient (Wildman–Crippen LogP) is 2.42. The van der Waals surface area contributed by atoms with Gasteiger partial charge < -0.3 is 15.1 Å². The van der Waals surface area contributed by atoms with Crippen molar-refractivity contribution in [2.75, 3.05) is 13.2 Å². The van der Waals surface area contributed by atoms with Crippen molar-refractivity contribution in [3.63, 3.8) is 0 Å². The minimum absolute atomic E-state index is 0.0293. The van der Waals surface area contributed by atoms with Crippen LogP contribution in [-0.2, 0) is 9.59 Å². The number of aliphatic hydroxyl groups is 1. The van der Waals surface area contributed by atoms with Crippen molar-refractivity contribution in [3.8, 4) is 0 Å². The van der Waals surface area contributed by atoms with Crippen LogP contribution in [-0.4, -0.2) is 46.2 Å². The van der Waals surface area contributed by atoms with E-state index in [1.165, 1.54) is 0 Å². The quantitative estimate of drug-likeness (QED) is 0.721. The van der Waals surface area contributed by atoms with E-state index in [4.69, 9.17) is 5.11 Å². The number of amides is 1. The Morgan fingerprint density at radius 2 is 1.76 bits per heavy atom. The molecule has 0 bridgehead atoms. The number of carboxylic acid groups (broad SMARTS) is 1. The summed E-state index contributed by atoms with van der Waals surface area (Å²) in [7, 11) is 0. The third-order valence-electron chi connectivity index (χ3n) is 4.47. The van der Waals surface area contributed by atoms with Crippen LogP contribution in [0.2, 0.25) is 0 Å². The van der Waals surface area contributed by atoms with E-state index < -0.39 is 5.97 Å². The fraction of sp³-hybridized carbons (Fsp3) is 0.875. The Kier molecular flexibility index (Phi) is 7.15. The second-order valence-electron chi connectivity index (χ2n) is 6.57. The third kappa shape index (κ3) is 5.65. The molecule has 1 rings (SSSR count). The van der Waals surface area contributed by atoms with Crippen LogP contribution in [0.1, 0.15) is 65.2 Å². The van der Waals surface area contributed by atoms with Gasteiger partial charge in [-0.3, -0.25) is 9.59 Å². The van der Waals surface area contributed by atoms with Gasteiger partial charge in [0.25, 0.3) is 0 Å². The smallest absolute Gasteiger partial charge is 0.303 e. The van der Waals surface area contributed by atoms with Gasteiger partial charge in [-0.25, -0.2) is 0 Å². The van der Waals surface area contributed by atoms with Crippen LogP contribution >= 0.6 is 0 Å². The summed E-state index contributed by atoms with van der Waals surface area (Å²) in [5, 5.41) is 18.1. The molecule has 21 heavy (non-hydrogen) atoms. The second-order valence-corrected chi connectivity index (χ2v) is 6.57. The molecule has 122 valence electrons. The summed E-state index contributed by atoms with van der Waals surface area (Å²) < 4.78 is 0. The van der Waals surface area contributed by atoms with Crippen LogP contribution in [0.15, 0.2) is 0 Å². The molecule has 0 saturated heterocycles. The molecule has 1 amide bonds. The van der Waals surface area contributed by atoms with Gasteiger partial charge in [0.2, 0.25) is 5.91 Å². The van der Waals surface area contributed by atoms with Crippen LogP contribution in [0.5, 0.6) is 0 Å². The van der Waals surface area contributed by atoms with Gasteiger partial charge in [0.15, 0.2) is 0 Å². The van der Waals surface area contributed by atoms with Crippen molar-refractivity contribution in [1.82, 2.24) is 4.90 Å². The Balaban J connectivity index is 2.75. The van der Waals surface area contributed by atoms with Crippen molar-refractivity contribution in [1.29, 1.82) is 0 Å². The lowest BCUT2D eigenvalue weighted by atomic mass is 9.69. The summed E-state index contributed by atoms with van der Waals surface area (Å²) >= 11 is 0. The summed E-state index contributed by atoms with van der Waals surface area (Å²) in [5.41, 5.74) is -0.368. The molecule has 5 heteroatoms. The molecule has 0 aromatic rings. The minimum Gasteiger partial charge on any atom is -0.481 e. The number of carbonyl (C=O) groups excluding carboxylic acids is 1. The van der Waals surface area contributed by atoms with Crippen LogP contribution in [0.4, 0.5) is 0 Å². The molecule has 0 aromatic carbocycles. The van der Waals surface area contributed by atoms with Crippen LogP contribution in [0.3, 0.4) is 0 Å². The van der Waals surface area contributed by atoms with E-state index in [2.05, 4.69) is 0 Å². The number of carbonyl (C=O) groups is 2. The summed E-state index contributed by atoms with van der Waals surface area (Å²) in [6, 6.07) is 0.0783.